The summed E-state index contributed by atoms with van der Waals surface area (Å²) in [5.41, 5.74) is 5.85. The number of nitrogen functional groups attached to an aromatic ring is 1. The Morgan fingerprint density at radius 2 is 2.12 bits per heavy atom. The number of benzene rings is 1. The van der Waals surface area contributed by atoms with Gasteiger partial charge < -0.3 is 5.73 Å². The molecule has 2 rings (SSSR count). The minimum Gasteiger partial charge on any atom is -0.398 e. The predicted octanol–water partition coefficient (Wildman–Crippen LogP) is 2.00. The van der Waals surface area contributed by atoms with E-state index in [1.165, 1.54) is 12.1 Å². The Balaban J connectivity index is 2.30. The fourth-order valence-electron chi connectivity index (χ4n) is 1.81. The second-order valence-corrected chi connectivity index (χ2v) is 6.46. The summed E-state index contributed by atoms with van der Waals surface area (Å²) < 4.78 is 26.9. The van der Waals surface area contributed by atoms with Crippen LogP contribution in [0.2, 0.25) is 5.02 Å². The van der Waals surface area contributed by atoms with Gasteiger partial charge in [-0.2, -0.15) is 0 Å². The van der Waals surface area contributed by atoms with Crippen molar-refractivity contribution in [2.24, 2.45) is 5.92 Å². The van der Waals surface area contributed by atoms with E-state index in [4.69, 9.17) is 17.3 Å². The number of nitrogens with two attached hydrogens (primary N) is 1. The zero-order chi connectivity index (χ0) is 12.6. The lowest BCUT2D eigenvalue weighted by molar-refractivity contribution is 0.538. The van der Waals surface area contributed by atoms with E-state index in [0.717, 1.165) is 12.8 Å². The number of halogens is 1. The zero-order valence-corrected chi connectivity index (χ0v) is 11.1. The quantitative estimate of drug-likeness (QED) is 0.825. The van der Waals surface area contributed by atoms with Crippen LogP contribution in [0.1, 0.15) is 19.8 Å². The van der Waals surface area contributed by atoms with Crippen LogP contribution < -0.4 is 10.5 Å². The molecule has 0 heterocycles. The Hall–Kier alpha value is -0.780. The molecule has 1 aromatic carbocycles. The van der Waals surface area contributed by atoms with Crippen LogP contribution in [0.25, 0.3) is 0 Å². The van der Waals surface area contributed by atoms with Gasteiger partial charge in [-0.3, -0.25) is 0 Å². The van der Waals surface area contributed by atoms with Gasteiger partial charge in [0, 0.05) is 6.04 Å². The molecule has 6 heteroatoms. The molecule has 1 aromatic rings. The first-order valence-corrected chi connectivity index (χ1v) is 7.34. The lowest BCUT2D eigenvalue weighted by Crippen LogP contribution is -2.34. The molecule has 0 saturated heterocycles. The van der Waals surface area contributed by atoms with Gasteiger partial charge >= 0.3 is 0 Å². The summed E-state index contributed by atoms with van der Waals surface area (Å²) >= 11 is 5.89. The van der Waals surface area contributed by atoms with Crippen LogP contribution >= 0.6 is 11.6 Å². The Morgan fingerprint density at radius 1 is 1.47 bits per heavy atom. The maximum absolute atomic E-state index is 12.1. The fraction of sp³-hybridized carbons (Fsp3) is 0.455. The summed E-state index contributed by atoms with van der Waals surface area (Å²) in [6, 6.07) is 4.60. The first kappa shape index (κ1) is 12.7. The highest BCUT2D eigenvalue weighted by Gasteiger charge is 2.32. The molecule has 0 bridgehead atoms. The summed E-state index contributed by atoms with van der Waals surface area (Å²) in [6.45, 7) is 1.86. The van der Waals surface area contributed by atoms with Crippen LogP contribution in [0.15, 0.2) is 23.1 Å². The normalized spacial score (nSPS) is 18.0. The van der Waals surface area contributed by atoms with Crippen molar-refractivity contribution < 1.29 is 8.42 Å². The maximum atomic E-state index is 12.1. The summed E-state index contributed by atoms with van der Waals surface area (Å²) in [4.78, 5) is -0.0193. The van der Waals surface area contributed by atoms with E-state index >= 15 is 0 Å². The molecular weight excluding hydrogens is 260 g/mol. The largest absolute Gasteiger partial charge is 0.398 e. The number of nitrogens with one attached hydrogen (secondary N) is 1. The van der Waals surface area contributed by atoms with Crippen LogP contribution in [-0.4, -0.2) is 14.5 Å². The highest BCUT2D eigenvalue weighted by molar-refractivity contribution is 7.89. The molecular formula is C11H15ClN2O2S. The second kappa shape index (κ2) is 4.48. The van der Waals surface area contributed by atoms with Crippen LogP contribution in [0.4, 0.5) is 5.69 Å². The van der Waals surface area contributed by atoms with Gasteiger partial charge in [-0.15, -0.1) is 0 Å². The third-order valence-electron chi connectivity index (χ3n) is 2.94. The third-order valence-corrected chi connectivity index (χ3v) is 5.04. The van der Waals surface area contributed by atoms with Crippen molar-refractivity contribution in [1.82, 2.24) is 4.72 Å². The molecule has 1 unspecified atom stereocenters. The molecule has 4 nitrogen and oxygen atoms in total. The SMILES string of the molecule is CC(NS(=O)(=O)c1c(N)cccc1Cl)C1CC1. The zero-order valence-electron chi connectivity index (χ0n) is 9.48. The van der Waals surface area contributed by atoms with E-state index in [0.29, 0.717) is 5.92 Å². The van der Waals surface area contributed by atoms with Crippen molar-refractivity contribution in [3.05, 3.63) is 23.2 Å². The van der Waals surface area contributed by atoms with Crippen LogP contribution in [0.5, 0.6) is 0 Å². The third kappa shape index (κ3) is 2.73. The molecule has 0 spiro atoms. The molecule has 94 valence electrons. The Labute approximate surface area is 106 Å². The van der Waals surface area contributed by atoms with E-state index in [9.17, 15) is 8.42 Å². The Kier molecular flexibility index (Phi) is 3.34. The van der Waals surface area contributed by atoms with Crippen LogP contribution in [0.3, 0.4) is 0 Å². The average molecular weight is 275 g/mol. The standard InChI is InChI=1S/C11H15ClN2O2S/c1-7(8-5-6-8)14-17(15,16)11-9(12)3-2-4-10(11)13/h2-4,7-8,14H,5-6,13H2,1H3. The van der Waals surface area contributed by atoms with E-state index in [1.54, 1.807) is 6.07 Å². The summed E-state index contributed by atoms with van der Waals surface area (Å²) in [5.74, 6) is 0.438. The number of anilines is 1. The van der Waals surface area contributed by atoms with Gasteiger partial charge in [0.2, 0.25) is 10.0 Å². The number of rotatable bonds is 4. The summed E-state index contributed by atoms with van der Waals surface area (Å²) in [5, 5.41) is 0.153. The molecule has 0 amide bonds. The highest BCUT2D eigenvalue weighted by atomic mass is 35.5. The monoisotopic (exact) mass is 274 g/mol. The highest BCUT2D eigenvalue weighted by Crippen LogP contribution is 2.34. The van der Waals surface area contributed by atoms with Gasteiger partial charge in [-0.1, -0.05) is 17.7 Å². The van der Waals surface area contributed by atoms with Gasteiger partial charge in [0.05, 0.1) is 10.7 Å². The van der Waals surface area contributed by atoms with E-state index < -0.39 is 10.0 Å². The van der Waals surface area contributed by atoms with Crippen molar-refractivity contribution in [3.8, 4) is 0 Å². The minimum absolute atomic E-state index is 0.0193. The van der Waals surface area contributed by atoms with Crippen molar-refractivity contribution in [2.75, 3.05) is 5.73 Å². The van der Waals surface area contributed by atoms with Gasteiger partial charge in [-0.25, -0.2) is 13.1 Å². The van der Waals surface area contributed by atoms with E-state index in [1.807, 2.05) is 6.92 Å². The predicted molar refractivity (Wildman–Crippen MR) is 68.4 cm³/mol. The second-order valence-electron chi connectivity index (χ2n) is 4.41. The molecule has 1 saturated carbocycles. The number of sulfonamides is 1. The average Bonchev–Trinajstić information content (AvgIpc) is 2.98. The van der Waals surface area contributed by atoms with Crippen LogP contribution in [0, 0.1) is 5.92 Å². The van der Waals surface area contributed by atoms with Crippen molar-refractivity contribution in [1.29, 1.82) is 0 Å². The molecule has 0 aromatic heterocycles. The topological polar surface area (TPSA) is 72.2 Å². The summed E-state index contributed by atoms with van der Waals surface area (Å²) in [7, 11) is -3.63. The lowest BCUT2D eigenvalue weighted by atomic mass is 10.2. The molecule has 1 aliphatic carbocycles. The molecule has 1 atom stereocenters. The van der Waals surface area contributed by atoms with E-state index in [-0.39, 0.29) is 21.6 Å². The smallest absolute Gasteiger partial charge is 0.244 e. The molecule has 3 N–H and O–H groups in total. The number of hydrogen-bond donors (Lipinski definition) is 2. The molecule has 0 aliphatic heterocycles. The van der Waals surface area contributed by atoms with E-state index in [2.05, 4.69) is 4.72 Å². The maximum Gasteiger partial charge on any atom is 0.244 e. The Morgan fingerprint density at radius 3 is 2.65 bits per heavy atom. The summed E-state index contributed by atoms with van der Waals surface area (Å²) in [6.07, 6.45) is 2.14. The van der Waals surface area contributed by atoms with Gasteiger partial charge in [0.25, 0.3) is 0 Å². The molecule has 0 radical (unpaired) electrons. The molecule has 1 aliphatic rings. The molecule has 17 heavy (non-hydrogen) atoms. The van der Waals surface area contributed by atoms with Crippen molar-refractivity contribution >= 4 is 27.3 Å². The Bertz CT molecular complexity index is 506. The minimum atomic E-state index is -3.63. The van der Waals surface area contributed by atoms with Gasteiger partial charge in [0.1, 0.15) is 4.90 Å². The van der Waals surface area contributed by atoms with Crippen molar-refractivity contribution in [2.45, 2.75) is 30.7 Å². The lowest BCUT2D eigenvalue weighted by Gasteiger charge is -2.15. The van der Waals surface area contributed by atoms with Gasteiger partial charge in [0.15, 0.2) is 0 Å². The first-order chi connectivity index (χ1) is 7.92. The fourth-order valence-corrected chi connectivity index (χ4v) is 3.79. The van der Waals surface area contributed by atoms with Crippen molar-refractivity contribution in [3.63, 3.8) is 0 Å². The van der Waals surface area contributed by atoms with Gasteiger partial charge in [-0.05, 0) is 37.8 Å². The first-order valence-electron chi connectivity index (χ1n) is 5.48. The van der Waals surface area contributed by atoms with Crippen LogP contribution in [-0.2, 0) is 10.0 Å². The number of hydrogen-bond acceptors (Lipinski definition) is 3. The molecule has 1 fully saturated rings.